The molecular formula is C15H20Cl2N2O2. The van der Waals surface area contributed by atoms with Gasteiger partial charge in [0.1, 0.15) is 5.75 Å². The van der Waals surface area contributed by atoms with Crippen LogP contribution in [0, 0.1) is 5.92 Å². The maximum atomic E-state index is 11.9. The van der Waals surface area contributed by atoms with Crippen molar-refractivity contribution in [2.24, 2.45) is 11.0 Å². The molecule has 1 unspecified atom stereocenters. The van der Waals surface area contributed by atoms with Crippen molar-refractivity contribution in [3.8, 4) is 5.75 Å². The molecule has 0 radical (unpaired) electrons. The Labute approximate surface area is 135 Å². The van der Waals surface area contributed by atoms with Crippen molar-refractivity contribution < 1.29 is 9.53 Å². The van der Waals surface area contributed by atoms with Crippen LogP contribution in [-0.2, 0) is 4.79 Å². The van der Waals surface area contributed by atoms with Crippen molar-refractivity contribution in [2.75, 3.05) is 0 Å². The van der Waals surface area contributed by atoms with Crippen LogP contribution >= 0.6 is 23.2 Å². The van der Waals surface area contributed by atoms with Crippen molar-refractivity contribution in [3.63, 3.8) is 0 Å². The Bertz CT molecular complexity index is 530. The van der Waals surface area contributed by atoms with E-state index < -0.39 is 6.10 Å². The van der Waals surface area contributed by atoms with Gasteiger partial charge in [-0.2, -0.15) is 5.10 Å². The molecule has 0 saturated heterocycles. The van der Waals surface area contributed by atoms with Gasteiger partial charge in [-0.15, -0.1) is 0 Å². The zero-order valence-corrected chi connectivity index (χ0v) is 14.1. The van der Waals surface area contributed by atoms with Crippen molar-refractivity contribution in [2.45, 2.75) is 40.2 Å². The number of halogens is 2. The number of amides is 1. The molecule has 116 valence electrons. The Balaban J connectivity index is 2.58. The maximum absolute atomic E-state index is 11.9. The molecule has 4 nitrogen and oxygen atoms in total. The van der Waals surface area contributed by atoms with Gasteiger partial charge in [-0.25, -0.2) is 5.43 Å². The van der Waals surface area contributed by atoms with Gasteiger partial charge in [-0.3, -0.25) is 4.79 Å². The lowest BCUT2D eigenvalue weighted by Crippen LogP contribution is -2.34. The quantitative estimate of drug-likeness (QED) is 0.624. The summed E-state index contributed by atoms with van der Waals surface area (Å²) >= 11 is 11.8. The second kappa shape index (κ2) is 8.25. The standard InChI is InChI=1S/C15H20Cl2N2O2/c1-9(2)7-10(3)18-19-15(20)11(4)21-14-6-5-12(16)8-13(14)17/h5-6,8-9,11H,7H2,1-4H3,(H,19,20). The molecule has 1 amide bonds. The van der Waals surface area contributed by atoms with E-state index in [1.807, 2.05) is 6.92 Å². The highest BCUT2D eigenvalue weighted by atomic mass is 35.5. The van der Waals surface area contributed by atoms with Crippen molar-refractivity contribution in [1.82, 2.24) is 5.43 Å². The number of rotatable bonds is 6. The lowest BCUT2D eigenvalue weighted by Gasteiger charge is -2.14. The second-order valence-corrected chi connectivity index (χ2v) is 6.10. The molecule has 1 N–H and O–H groups in total. The highest BCUT2D eigenvalue weighted by Crippen LogP contribution is 2.28. The topological polar surface area (TPSA) is 50.7 Å². The maximum Gasteiger partial charge on any atom is 0.280 e. The minimum absolute atomic E-state index is 0.330. The molecular weight excluding hydrogens is 311 g/mol. The van der Waals surface area contributed by atoms with Crippen molar-refractivity contribution in [1.29, 1.82) is 0 Å². The van der Waals surface area contributed by atoms with Gasteiger partial charge in [0.05, 0.1) is 5.02 Å². The lowest BCUT2D eigenvalue weighted by molar-refractivity contribution is -0.127. The molecule has 0 bridgehead atoms. The van der Waals surface area contributed by atoms with Crippen LogP contribution in [-0.4, -0.2) is 17.7 Å². The predicted molar refractivity (Wildman–Crippen MR) is 87.3 cm³/mol. The molecule has 21 heavy (non-hydrogen) atoms. The van der Waals surface area contributed by atoms with E-state index >= 15 is 0 Å². The van der Waals surface area contributed by atoms with E-state index in [0.29, 0.717) is 21.7 Å². The largest absolute Gasteiger partial charge is 0.479 e. The zero-order valence-electron chi connectivity index (χ0n) is 12.6. The molecule has 0 spiro atoms. The highest BCUT2D eigenvalue weighted by Gasteiger charge is 2.16. The lowest BCUT2D eigenvalue weighted by atomic mass is 10.1. The van der Waals surface area contributed by atoms with Crippen LogP contribution in [0.1, 0.15) is 34.1 Å². The van der Waals surface area contributed by atoms with Gasteiger partial charge in [0.2, 0.25) is 0 Å². The Kier molecular flexibility index (Phi) is 6.99. The fourth-order valence-corrected chi connectivity index (χ4v) is 2.15. The third-order valence-corrected chi connectivity index (χ3v) is 3.16. The molecule has 1 rings (SSSR count). The van der Waals surface area contributed by atoms with Crippen LogP contribution in [0.25, 0.3) is 0 Å². The van der Waals surface area contributed by atoms with E-state index in [-0.39, 0.29) is 5.91 Å². The third kappa shape index (κ3) is 6.36. The zero-order chi connectivity index (χ0) is 16.0. The van der Waals surface area contributed by atoms with E-state index in [4.69, 9.17) is 27.9 Å². The number of nitrogens with zero attached hydrogens (tertiary/aromatic N) is 1. The molecule has 1 aromatic rings. The summed E-state index contributed by atoms with van der Waals surface area (Å²) in [6, 6.07) is 4.84. The second-order valence-electron chi connectivity index (χ2n) is 5.26. The number of hydrazone groups is 1. The first-order valence-electron chi connectivity index (χ1n) is 6.74. The molecule has 0 aliphatic heterocycles. The van der Waals surface area contributed by atoms with Gasteiger partial charge in [0.15, 0.2) is 6.10 Å². The van der Waals surface area contributed by atoms with Crippen LogP contribution in [0.5, 0.6) is 5.75 Å². The summed E-state index contributed by atoms with van der Waals surface area (Å²) in [5, 5.41) is 4.92. The Morgan fingerprint density at radius 3 is 2.57 bits per heavy atom. The Morgan fingerprint density at radius 2 is 2.00 bits per heavy atom. The number of carbonyl (C=O) groups excluding carboxylic acids is 1. The van der Waals surface area contributed by atoms with Gasteiger partial charge in [-0.05, 0) is 44.4 Å². The Morgan fingerprint density at radius 1 is 1.33 bits per heavy atom. The van der Waals surface area contributed by atoms with Crippen molar-refractivity contribution >= 4 is 34.8 Å². The van der Waals surface area contributed by atoms with Gasteiger partial charge in [-0.1, -0.05) is 37.0 Å². The average Bonchev–Trinajstić information content (AvgIpc) is 2.38. The van der Waals surface area contributed by atoms with Gasteiger partial charge >= 0.3 is 0 Å². The first-order chi connectivity index (χ1) is 9.79. The summed E-state index contributed by atoms with van der Waals surface area (Å²) in [6.45, 7) is 7.69. The number of benzene rings is 1. The summed E-state index contributed by atoms with van der Waals surface area (Å²) in [5.41, 5.74) is 3.36. The van der Waals surface area contributed by atoms with Crippen LogP contribution in [0.3, 0.4) is 0 Å². The smallest absolute Gasteiger partial charge is 0.280 e. The highest BCUT2D eigenvalue weighted by molar-refractivity contribution is 6.35. The minimum atomic E-state index is -0.709. The number of carbonyl (C=O) groups is 1. The molecule has 1 aromatic carbocycles. The molecule has 1 atom stereocenters. The molecule has 0 aliphatic carbocycles. The summed E-state index contributed by atoms with van der Waals surface area (Å²) in [7, 11) is 0. The first-order valence-corrected chi connectivity index (χ1v) is 7.50. The fourth-order valence-electron chi connectivity index (χ4n) is 1.69. The van der Waals surface area contributed by atoms with Crippen LogP contribution in [0.15, 0.2) is 23.3 Å². The molecule has 0 fully saturated rings. The molecule has 6 heteroatoms. The number of hydrogen-bond acceptors (Lipinski definition) is 3. The monoisotopic (exact) mass is 330 g/mol. The van der Waals surface area contributed by atoms with Gasteiger partial charge in [0, 0.05) is 10.7 Å². The molecule has 0 aliphatic rings. The van der Waals surface area contributed by atoms with Crippen molar-refractivity contribution in [3.05, 3.63) is 28.2 Å². The molecule has 0 aromatic heterocycles. The van der Waals surface area contributed by atoms with Crippen LogP contribution in [0.4, 0.5) is 0 Å². The van der Waals surface area contributed by atoms with Gasteiger partial charge in [0.25, 0.3) is 5.91 Å². The fraction of sp³-hybridized carbons (Fsp3) is 0.467. The number of hydrogen-bond donors (Lipinski definition) is 1. The summed E-state index contributed by atoms with van der Waals surface area (Å²) in [4.78, 5) is 11.9. The molecule has 0 heterocycles. The Hall–Kier alpha value is -1.26. The van der Waals surface area contributed by atoms with E-state index in [1.165, 1.54) is 0 Å². The third-order valence-electron chi connectivity index (χ3n) is 2.63. The van der Waals surface area contributed by atoms with E-state index in [2.05, 4.69) is 24.4 Å². The van der Waals surface area contributed by atoms with E-state index in [9.17, 15) is 4.79 Å². The number of nitrogens with one attached hydrogen (secondary N) is 1. The predicted octanol–water partition coefficient (Wildman–Crippen LogP) is 4.30. The average molecular weight is 331 g/mol. The van der Waals surface area contributed by atoms with Crippen LogP contribution < -0.4 is 10.2 Å². The SMILES string of the molecule is CC(CC(C)C)=NNC(=O)C(C)Oc1ccc(Cl)cc1Cl. The van der Waals surface area contributed by atoms with Crippen LogP contribution in [0.2, 0.25) is 10.0 Å². The number of ether oxygens (including phenoxy) is 1. The summed E-state index contributed by atoms with van der Waals surface area (Å²) < 4.78 is 5.50. The molecule has 0 saturated carbocycles. The first kappa shape index (κ1) is 17.8. The normalized spacial score (nSPS) is 13.2. The summed E-state index contributed by atoms with van der Waals surface area (Å²) in [5.74, 6) is 0.572. The minimum Gasteiger partial charge on any atom is -0.479 e. The van der Waals surface area contributed by atoms with E-state index in [1.54, 1.807) is 25.1 Å². The summed E-state index contributed by atoms with van der Waals surface area (Å²) in [6.07, 6.45) is 0.123. The van der Waals surface area contributed by atoms with Gasteiger partial charge < -0.3 is 4.74 Å². The van der Waals surface area contributed by atoms with E-state index in [0.717, 1.165) is 12.1 Å².